The van der Waals surface area contributed by atoms with Gasteiger partial charge >= 0.3 is 11.9 Å². The maximum atomic E-state index is 12.5. The van der Waals surface area contributed by atoms with Gasteiger partial charge in [0, 0.05) is 11.1 Å². The molecule has 1 heterocycles. The van der Waals surface area contributed by atoms with Crippen molar-refractivity contribution in [2.45, 2.75) is 27.2 Å². The van der Waals surface area contributed by atoms with E-state index in [1.165, 1.54) is 14.2 Å². The Morgan fingerprint density at radius 3 is 2.00 bits per heavy atom. The van der Waals surface area contributed by atoms with Gasteiger partial charge in [0.05, 0.1) is 43.3 Å². The van der Waals surface area contributed by atoms with Crippen LogP contribution in [0.25, 0.3) is 11.1 Å². The Hall–Kier alpha value is -2.89. The van der Waals surface area contributed by atoms with Crippen LogP contribution in [0.4, 0.5) is 0 Å². The highest BCUT2D eigenvalue weighted by Crippen LogP contribution is 2.37. The van der Waals surface area contributed by atoms with Gasteiger partial charge in [0.1, 0.15) is 5.75 Å². The number of nitrogens with zero attached hydrogens (tertiary/aromatic N) is 1. The molecule has 138 valence electrons. The van der Waals surface area contributed by atoms with Gasteiger partial charge < -0.3 is 14.2 Å². The van der Waals surface area contributed by atoms with Crippen molar-refractivity contribution in [1.29, 1.82) is 0 Å². The molecule has 0 amide bonds. The van der Waals surface area contributed by atoms with Gasteiger partial charge in [0.2, 0.25) is 0 Å². The normalized spacial score (nSPS) is 10.3. The van der Waals surface area contributed by atoms with Crippen molar-refractivity contribution in [3.05, 3.63) is 46.8 Å². The van der Waals surface area contributed by atoms with Gasteiger partial charge in [-0.2, -0.15) is 0 Å². The van der Waals surface area contributed by atoms with Crippen LogP contribution in [0.5, 0.6) is 5.75 Å². The standard InChI is InChI=1S/C20H23NO5/c1-6-11-26-15-10-8-7-9-14(15)18-16(19(22)24-4)12(2)21-13(3)17(18)20(23)25-5/h7-10H,6,11H2,1-5H3. The molecule has 2 aromatic rings. The van der Waals surface area contributed by atoms with Crippen molar-refractivity contribution >= 4 is 11.9 Å². The quantitative estimate of drug-likeness (QED) is 0.734. The van der Waals surface area contributed by atoms with Gasteiger partial charge in [-0.3, -0.25) is 4.98 Å². The molecule has 6 heteroatoms. The third-order valence-electron chi connectivity index (χ3n) is 3.96. The van der Waals surface area contributed by atoms with E-state index in [0.29, 0.717) is 34.9 Å². The molecule has 0 spiro atoms. The highest BCUT2D eigenvalue weighted by molar-refractivity contribution is 6.07. The van der Waals surface area contributed by atoms with Crippen LogP contribution in [0.15, 0.2) is 24.3 Å². The van der Waals surface area contributed by atoms with Crippen LogP contribution in [-0.2, 0) is 9.47 Å². The Kier molecular flexibility index (Phi) is 6.33. The summed E-state index contributed by atoms with van der Waals surface area (Å²) in [5.74, 6) is -0.560. The molecule has 0 atom stereocenters. The average molecular weight is 357 g/mol. The summed E-state index contributed by atoms with van der Waals surface area (Å²) in [4.78, 5) is 29.3. The monoisotopic (exact) mass is 357 g/mol. The number of methoxy groups -OCH3 is 2. The first-order valence-corrected chi connectivity index (χ1v) is 8.36. The maximum absolute atomic E-state index is 12.5. The third-order valence-corrected chi connectivity index (χ3v) is 3.96. The second-order valence-electron chi connectivity index (χ2n) is 5.74. The third kappa shape index (κ3) is 3.69. The molecule has 0 saturated heterocycles. The minimum atomic E-state index is -0.569. The number of carbonyl (C=O) groups excluding carboxylic acids is 2. The van der Waals surface area contributed by atoms with Crippen LogP contribution < -0.4 is 4.74 Å². The van der Waals surface area contributed by atoms with E-state index < -0.39 is 11.9 Å². The van der Waals surface area contributed by atoms with Crippen LogP contribution in [0.3, 0.4) is 0 Å². The number of rotatable bonds is 6. The van der Waals surface area contributed by atoms with Gasteiger partial charge in [-0.1, -0.05) is 25.1 Å². The van der Waals surface area contributed by atoms with E-state index in [1.807, 2.05) is 19.1 Å². The number of esters is 2. The molecular weight excluding hydrogens is 334 g/mol. The van der Waals surface area contributed by atoms with E-state index in [-0.39, 0.29) is 11.1 Å². The Morgan fingerprint density at radius 2 is 1.50 bits per heavy atom. The minimum Gasteiger partial charge on any atom is -0.493 e. The van der Waals surface area contributed by atoms with Crippen molar-refractivity contribution < 1.29 is 23.8 Å². The Balaban J connectivity index is 2.89. The number of hydrogen-bond donors (Lipinski definition) is 0. The zero-order chi connectivity index (χ0) is 19.3. The first-order valence-electron chi connectivity index (χ1n) is 8.36. The average Bonchev–Trinajstić information content (AvgIpc) is 2.64. The lowest BCUT2D eigenvalue weighted by Gasteiger charge is -2.19. The molecule has 1 aromatic heterocycles. The zero-order valence-electron chi connectivity index (χ0n) is 15.7. The predicted octanol–water partition coefficient (Wildman–Crippen LogP) is 3.73. The summed E-state index contributed by atoms with van der Waals surface area (Å²) in [6.45, 7) is 5.93. The Morgan fingerprint density at radius 1 is 0.962 bits per heavy atom. The fourth-order valence-electron chi connectivity index (χ4n) is 2.83. The molecule has 0 N–H and O–H groups in total. The van der Waals surface area contributed by atoms with Crippen molar-refractivity contribution in [2.75, 3.05) is 20.8 Å². The lowest BCUT2D eigenvalue weighted by Crippen LogP contribution is -2.16. The van der Waals surface area contributed by atoms with Gasteiger partial charge in [-0.15, -0.1) is 0 Å². The molecule has 0 fully saturated rings. The van der Waals surface area contributed by atoms with Crippen molar-refractivity contribution in [3.8, 4) is 16.9 Å². The van der Waals surface area contributed by atoms with E-state index in [4.69, 9.17) is 14.2 Å². The topological polar surface area (TPSA) is 74.7 Å². The minimum absolute atomic E-state index is 0.228. The number of hydrogen-bond acceptors (Lipinski definition) is 6. The van der Waals surface area contributed by atoms with Crippen molar-refractivity contribution in [1.82, 2.24) is 4.98 Å². The van der Waals surface area contributed by atoms with Crippen LogP contribution in [0, 0.1) is 13.8 Å². The molecular formula is C20H23NO5. The molecule has 0 radical (unpaired) electrons. The summed E-state index contributed by atoms with van der Waals surface area (Å²) in [5, 5.41) is 0. The molecule has 1 aromatic carbocycles. The molecule has 0 aliphatic carbocycles. The van der Waals surface area contributed by atoms with Crippen molar-refractivity contribution in [3.63, 3.8) is 0 Å². The Bertz CT molecular complexity index is 789. The van der Waals surface area contributed by atoms with E-state index in [0.717, 1.165) is 6.42 Å². The largest absolute Gasteiger partial charge is 0.493 e. The molecule has 0 saturated carbocycles. The summed E-state index contributed by atoms with van der Waals surface area (Å²) in [6, 6.07) is 7.27. The molecule has 0 aliphatic rings. The molecule has 26 heavy (non-hydrogen) atoms. The lowest BCUT2D eigenvalue weighted by atomic mass is 9.92. The number of pyridine rings is 1. The predicted molar refractivity (Wildman–Crippen MR) is 97.6 cm³/mol. The fourth-order valence-corrected chi connectivity index (χ4v) is 2.83. The second kappa shape index (κ2) is 8.47. The smallest absolute Gasteiger partial charge is 0.340 e. The summed E-state index contributed by atoms with van der Waals surface area (Å²) in [5.41, 5.74) is 2.44. The summed E-state index contributed by atoms with van der Waals surface area (Å²) in [7, 11) is 2.59. The second-order valence-corrected chi connectivity index (χ2v) is 5.74. The van der Waals surface area contributed by atoms with Crippen LogP contribution in [0.1, 0.15) is 45.4 Å². The molecule has 6 nitrogen and oxygen atoms in total. The fraction of sp³-hybridized carbons (Fsp3) is 0.350. The summed E-state index contributed by atoms with van der Waals surface area (Å²) < 4.78 is 15.7. The number of ether oxygens (including phenoxy) is 3. The van der Waals surface area contributed by atoms with Gasteiger partial charge in [0.25, 0.3) is 0 Å². The van der Waals surface area contributed by atoms with Gasteiger partial charge in [-0.05, 0) is 26.3 Å². The van der Waals surface area contributed by atoms with E-state index in [2.05, 4.69) is 4.98 Å². The molecule has 0 aliphatic heterocycles. The highest BCUT2D eigenvalue weighted by Gasteiger charge is 2.28. The number of carbonyl (C=O) groups is 2. The van der Waals surface area contributed by atoms with Crippen LogP contribution in [-0.4, -0.2) is 37.7 Å². The summed E-state index contributed by atoms with van der Waals surface area (Å²) in [6.07, 6.45) is 0.830. The maximum Gasteiger partial charge on any atom is 0.340 e. The molecule has 2 rings (SSSR count). The summed E-state index contributed by atoms with van der Waals surface area (Å²) >= 11 is 0. The number of benzene rings is 1. The number of aromatic nitrogens is 1. The van der Waals surface area contributed by atoms with E-state index >= 15 is 0 Å². The SMILES string of the molecule is CCCOc1ccccc1-c1c(C(=O)OC)c(C)nc(C)c1C(=O)OC. The Labute approximate surface area is 153 Å². The van der Waals surface area contributed by atoms with Crippen LogP contribution in [0.2, 0.25) is 0 Å². The van der Waals surface area contributed by atoms with Gasteiger partial charge in [0.15, 0.2) is 0 Å². The first-order chi connectivity index (χ1) is 12.5. The zero-order valence-corrected chi connectivity index (χ0v) is 15.7. The molecule has 0 bridgehead atoms. The highest BCUT2D eigenvalue weighted by atomic mass is 16.5. The lowest BCUT2D eigenvalue weighted by molar-refractivity contribution is 0.0599. The first kappa shape index (κ1) is 19.4. The van der Waals surface area contributed by atoms with Gasteiger partial charge in [-0.25, -0.2) is 9.59 Å². The van der Waals surface area contributed by atoms with Crippen LogP contribution >= 0.6 is 0 Å². The number of para-hydroxylation sites is 1. The van der Waals surface area contributed by atoms with E-state index in [9.17, 15) is 9.59 Å². The van der Waals surface area contributed by atoms with Crippen molar-refractivity contribution in [2.24, 2.45) is 0 Å². The number of aryl methyl sites for hydroxylation is 2. The molecule has 0 unspecified atom stereocenters. The van der Waals surface area contributed by atoms with E-state index in [1.54, 1.807) is 26.0 Å².